The number of benzene rings is 1. The van der Waals surface area contributed by atoms with Gasteiger partial charge in [-0.3, -0.25) is 0 Å². The Labute approximate surface area is 177 Å². The van der Waals surface area contributed by atoms with Crippen LogP contribution in [0.4, 0.5) is 0 Å². The normalized spacial score (nSPS) is 17.7. The van der Waals surface area contributed by atoms with Gasteiger partial charge in [-0.05, 0) is 75.9 Å². The predicted molar refractivity (Wildman–Crippen MR) is 114 cm³/mol. The van der Waals surface area contributed by atoms with E-state index >= 15 is 0 Å². The molecule has 1 aliphatic carbocycles. The lowest BCUT2D eigenvalue weighted by atomic mass is 9.94. The summed E-state index contributed by atoms with van der Waals surface area (Å²) in [6, 6.07) is 3.73. The molecule has 1 aromatic carbocycles. The third-order valence-corrected chi connectivity index (χ3v) is 5.30. The highest BCUT2D eigenvalue weighted by Crippen LogP contribution is 2.47. The Morgan fingerprint density at radius 3 is 1.70 bits per heavy atom. The summed E-state index contributed by atoms with van der Waals surface area (Å²) in [5.41, 5.74) is 2.43. The molecule has 1 spiro atoms. The molecule has 0 N–H and O–H groups in total. The molecule has 6 heteroatoms. The Morgan fingerprint density at radius 2 is 1.30 bits per heavy atom. The van der Waals surface area contributed by atoms with Gasteiger partial charge in [0.1, 0.15) is 0 Å². The number of carbonyl (C=O) groups is 2. The quantitative estimate of drug-likeness (QED) is 0.479. The first kappa shape index (κ1) is 21.9. The first-order chi connectivity index (χ1) is 14.4. The Balaban J connectivity index is 2.00. The van der Waals surface area contributed by atoms with Crippen molar-refractivity contribution in [1.29, 1.82) is 0 Å². The predicted octanol–water partition coefficient (Wildman–Crippen LogP) is 5.05. The second kappa shape index (κ2) is 9.37. The van der Waals surface area contributed by atoms with Crippen molar-refractivity contribution in [2.45, 2.75) is 65.6 Å². The van der Waals surface area contributed by atoms with Crippen molar-refractivity contribution >= 4 is 24.1 Å². The van der Waals surface area contributed by atoms with Gasteiger partial charge in [0, 0.05) is 24.0 Å². The fourth-order valence-electron chi connectivity index (χ4n) is 3.79. The van der Waals surface area contributed by atoms with Gasteiger partial charge in [0.05, 0.1) is 13.2 Å². The zero-order valence-electron chi connectivity index (χ0n) is 18.2. The first-order valence-electron chi connectivity index (χ1n) is 10.6. The number of hydrogen-bond donors (Lipinski definition) is 0. The molecule has 0 unspecified atom stereocenters. The molecule has 1 aliphatic heterocycles. The molecule has 162 valence electrons. The molecule has 0 radical (unpaired) electrons. The van der Waals surface area contributed by atoms with Crippen LogP contribution >= 0.6 is 0 Å². The summed E-state index contributed by atoms with van der Waals surface area (Å²) in [5, 5.41) is 0. The molecule has 1 fully saturated rings. The minimum Gasteiger partial charge on any atom is -0.463 e. The maximum absolute atomic E-state index is 12.1. The van der Waals surface area contributed by atoms with E-state index in [0.29, 0.717) is 35.9 Å². The van der Waals surface area contributed by atoms with Crippen LogP contribution < -0.4 is 9.47 Å². The molecule has 1 saturated carbocycles. The van der Waals surface area contributed by atoms with Crippen LogP contribution in [0.2, 0.25) is 0 Å². The van der Waals surface area contributed by atoms with Crippen molar-refractivity contribution in [3.8, 4) is 11.5 Å². The van der Waals surface area contributed by atoms with Gasteiger partial charge in [0.2, 0.25) is 0 Å². The maximum Gasteiger partial charge on any atom is 0.333 e. The second-order valence-corrected chi connectivity index (χ2v) is 7.70. The van der Waals surface area contributed by atoms with Crippen LogP contribution in [0.15, 0.2) is 23.3 Å². The minimum atomic E-state index is -0.601. The van der Waals surface area contributed by atoms with Gasteiger partial charge in [0.25, 0.3) is 5.79 Å². The van der Waals surface area contributed by atoms with Gasteiger partial charge in [-0.25, -0.2) is 9.59 Å². The lowest BCUT2D eigenvalue weighted by molar-refractivity contribution is -0.139. The van der Waals surface area contributed by atoms with Crippen molar-refractivity contribution in [2.24, 2.45) is 0 Å². The Kier molecular flexibility index (Phi) is 6.85. The van der Waals surface area contributed by atoms with Crippen molar-refractivity contribution in [3.63, 3.8) is 0 Å². The van der Waals surface area contributed by atoms with Gasteiger partial charge in [-0.15, -0.1) is 0 Å². The van der Waals surface area contributed by atoms with Crippen molar-refractivity contribution in [3.05, 3.63) is 34.4 Å². The summed E-state index contributed by atoms with van der Waals surface area (Å²) in [6.45, 7) is 7.57. The second-order valence-electron chi connectivity index (χ2n) is 7.70. The number of hydrogen-bond acceptors (Lipinski definition) is 6. The topological polar surface area (TPSA) is 71.1 Å². The van der Waals surface area contributed by atoms with E-state index in [-0.39, 0.29) is 11.9 Å². The molecule has 2 aliphatic rings. The fraction of sp³-hybridized carbons (Fsp3) is 0.500. The highest BCUT2D eigenvalue weighted by Gasteiger charge is 2.42. The number of carbonyl (C=O) groups excluding carboxylic acids is 2. The molecule has 30 heavy (non-hydrogen) atoms. The average Bonchev–Trinajstić information content (AvgIpc) is 3.04. The highest BCUT2D eigenvalue weighted by atomic mass is 16.7. The number of ether oxygens (including phenoxy) is 4. The lowest BCUT2D eigenvalue weighted by Gasteiger charge is -2.31. The van der Waals surface area contributed by atoms with E-state index in [2.05, 4.69) is 0 Å². The Morgan fingerprint density at radius 1 is 0.867 bits per heavy atom. The molecule has 0 amide bonds. The zero-order valence-corrected chi connectivity index (χ0v) is 18.2. The molecule has 1 aromatic rings. The SMILES string of the molecule is CCOC(=O)/C(C)=C/c1cc2c(cc1/C=C(\C)C(=O)OCC)OC1(CCCCC1)O2. The van der Waals surface area contributed by atoms with E-state index in [1.165, 1.54) is 6.42 Å². The summed E-state index contributed by atoms with van der Waals surface area (Å²) >= 11 is 0. The van der Waals surface area contributed by atoms with Gasteiger partial charge in [0.15, 0.2) is 11.5 Å². The van der Waals surface area contributed by atoms with E-state index in [9.17, 15) is 9.59 Å². The van der Waals surface area contributed by atoms with E-state index < -0.39 is 5.79 Å². The summed E-state index contributed by atoms with van der Waals surface area (Å²) in [7, 11) is 0. The molecule has 1 heterocycles. The summed E-state index contributed by atoms with van der Waals surface area (Å²) in [5.74, 6) is -0.0422. The van der Waals surface area contributed by atoms with Crippen molar-refractivity contribution in [2.75, 3.05) is 13.2 Å². The molecular formula is C24H30O6. The van der Waals surface area contributed by atoms with Gasteiger partial charge in [-0.2, -0.15) is 0 Å². The van der Waals surface area contributed by atoms with Crippen LogP contribution in [0, 0.1) is 0 Å². The summed E-state index contributed by atoms with van der Waals surface area (Å²) < 4.78 is 22.7. The molecule has 0 atom stereocenters. The van der Waals surface area contributed by atoms with Crippen LogP contribution in [0.25, 0.3) is 12.2 Å². The smallest absolute Gasteiger partial charge is 0.333 e. The van der Waals surface area contributed by atoms with Crippen molar-refractivity contribution < 1.29 is 28.5 Å². The van der Waals surface area contributed by atoms with E-state index in [4.69, 9.17) is 18.9 Å². The van der Waals surface area contributed by atoms with Crippen LogP contribution in [0.3, 0.4) is 0 Å². The van der Waals surface area contributed by atoms with Gasteiger partial charge < -0.3 is 18.9 Å². The maximum atomic E-state index is 12.1. The standard InChI is InChI=1S/C24H30O6/c1-5-27-22(25)16(3)12-18-14-20-21(30-24(29-20)10-8-7-9-11-24)15-19(18)13-17(4)23(26)28-6-2/h12-15H,5-11H2,1-4H3/b16-12+,17-13+. The molecule has 0 bridgehead atoms. The lowest BCUT2D eigenvalue weighted by Crippen LogP contribution is -2.40. The van der Waals surface area contributed by atoms with Crippen LogP contribution in [0.1, 0.15) is 70.9 Å². The Bertz CT molecular complexity index is 809. The summed E-state index contributed by atoms with van der Waals surface area (Å²) in [4.78, 5) is 24.2. The van der Waals surface area contributed by atoms with Crippen molar-refractivity contribution in [1.82, 2.24) is 0 Å². The van der Waals surface area contributed by atoms with Crippen LogP contribution in [-0.2, 0) is 19.1 Å². The number of rotatable bonds is 6. The van der Waals surface area contributed by atoms with E-state index in [1.807, 2.05) is 12.1 Å². The number of fused-ring (bicyclic) bond motifs is 1. The monoisotopic (exact) mass is 414 g/mol. The Hall–Kier alpha value is -2.76. The van der Waals surface area contributed by atoms with E-state index in [1.54, 1.807) is 39.8 Å². The minimum absolute atomic E-state index is 0.308. The zero-order chi connectivity index (χ0) is 21.7. The van der Waals surface area contributed by atoms with Gasteiger partial charge >= 0.3 is 11.9 Å². The largest absolute Gasteiger partial charge is 0.463 e. The third kappa shape index (κ3) is 4.86. The van der Waals surface area contributed by atoms with Crippen LogP contribution in [0.5, 0.6) is 11.5 Å². The molecule has 3 rings (SSSR count). The summed E-state index contributed by atoms with van der Waals surface area (Å²) in [6.07, 6.45) is 8.51. The average molecular weight is 414 g/mol. The number of esters is 2. The molecule has 6 nitrogen and oxygen atoms in total. The van der Waals surface area contributed by atoms with Crippen LogP contribution in [-0.4, -0.2) is 30.9 Å². The molecule has 0 saturated heterocycles. The fourth-order valence-corrected chi connectivity index (χ4v) is 3.79. The molecule has 0 aromatic heterocycles. The molecular weight excluding hydrogens is 384 g/mol. The highest BCUT2D eigenvalue weighted by molar-refractivity contribution is 5.96. The van der Waals surface area contributed by atoms with Gasteiger partial charge in [-0.1, -0.05) is 6.42 Å². The first-order valence-corrected chi connectivity index (χ1v) is 10.6. The van der Waals surface area contributed by atoms with E-state index in [0.717, 1.165) is 36.8 Å². The third-order valence-electron chi connectivity index (χ3n) is 5.30.